The Morgan fingerprint density at radius 2 is 0.983 bits per heavy atom. The minimum atomic E-state index is -0.705. The van der Waals surface area contributed by atoms with Crippen LogP contribution in [-0.2, 0) is 32.2 Å². The number of amides is 4. The van der Waals surface area contributed by atoms with Crippen molar-refractivity contribution in [1.82, 2.24) is 40.4 Å². The van der Waals surface area contributed by atoms with Crippen molar-refractivity contribution >= 4 is 24.0 Å². The summed E-state index contributed by atoms with van der Waals surface area (Å²) < 4.78 is 9.68. The van der Waals surface area contributed by atoms with Gasteiger partial charge in [-0.25, -0.2) is 19.6 Å². The molecule has 4 atom stereocenters. The third-order valence-corrected chi connectivity index (χ3v) is 12.0. The van der Waals surface area contributed by atoms with Crippen LogP contribution in [-0.4, -0.2) is 92.1 Å². The van der Waals surface area contributed by atoms with Gasteiger partial charge in [0.1, 0.15) is 23.7 Å². The quantitative estimate of drug-likeness (QED) is 0.0782. The van der Waals surface area contributed by atoms with E-state index in [4.69, 9.17) is 9.47 Å². The van der Waals surface area contributed by atoms with E-state index in [1.54, 1.807) is 22.2 Å². The average molecular weight is 819 g/mol. The number of imidazole rings is 2. The topological polar surface area (TPSA) is 175 Å². The number of aromatic nitrogens is 4. The molecule has 60 heavy (non-hydrogen) atoms. The van der Waals surface area contributed by atoms with Crippen LogP contribution in [0, 0.1) is 11.8 Å². The lowest BCUT2D eigenvalue weighted by Crippen LogP contribution is -2.55. The molecule has 0 radical (unpaired) electrons. The lowest BCUT2D eigenvalue weighted by molar-refractivity contribution is -0.138. The molecule has 14 heteroatoms. The fraction of sp³-hybridized carbons (Fsp3) is 0.435. The number of carbonyl (C=O) groups excluding carboxylic acids is 4. The standard InChI is InChI=1S/C46H58N8O6/c1-9-29(5)53(43(55)41(51-45(57)59-7)35-19-27(3)20-35)25-39-47-23-37(49-39)33-15-11-31(12-16-33)32-13-17-34(18-14-32)38-24-48-40(50-38)26-54(30(6)10-2)44(56)42(52-46(58)60-8)36-21-28(4)22-36/h11-18,23-24,29-30,35-36,41-42H,3-4,9-10,19-22,25-26H2,1-2,5-8H3,(H,47,49)(H,48,50)(H,51,57)(H,52,58)/t29-,30-,41?,42?/m0/s1. The van der Waals surface area contributed by atoms with Gasteiger partial charge in [0.15, 0.2) is 0 Å². The van der Waals surface area contributed by atoms with Gasteiger partial charge in [-0.2, -0.15) is 0 Å². The van der Waals surface area contributed by atoms with Crippen LogP contribution >= 0.6 is 0 Å². The molecule has 4 amide bonds. The molecule has 4 aromatic rings. The van der Waals surface area contributed by atoms with E-state index < -0.39 is 24.3 Å². The van der Waals surface area contributed by atoms with Gasteiger partial charge in [0.05, 0.1) is 51.1 Å². The summed E-state index contributed by atoms with van der Waals surface area (Å²) in [6.45, 7) is 16.6. The number of carbonyl (C=O) groups is 4. The summed E-state index contributed by atoms with van der Waals surface area (Å²) in [5, 5.41) is 5.54. The molecule has 0 aliphatic heterocycles. The number of methoxy groups -OCH3 is 2. The Morgan fingerprint density at radius 3 is 1.28 bits per heavy atom. The summed E-state index contributed by atoms with van der Waals surface area (Å²) in [6, 6.07) is 14.8. The van der Waals surface area contributed by atoms with Crippen molar-refractivity contribution in [3.05, 3.63) is 96.9 Å². The summed E-state index contributed by atoms with van der Waals surface area (Å²) in [6.07, 6.45) is 6.52. The zero-order chi connectivity index (χ0) is 43.1. The minimum absolute atomic E-state index is 0.0261. The van der Waals surface area contributed by atoms with E-state index in [-0.39, 0.29) is 48.8 Å². The largest absolute Gasteiger partial charge is 0.453 e. The van der Waals surface area contributed by atoms with Crippen molar-refractivity contribution in [3.8, 4) is 33.6 Å². The molecule has 2 saturated carbocycles. The van der Waals surface area contributed by atoms with Crippen LogP contribution in [0.4, 0.5) is 9.59 Å². The first-order chi connectivity index (χ1) is 28.8. The van der Waals surface area contributed by atoms with Gasteiger partial charge >= 0.3 is 12.2 Å². The normalized spacial score (nSPS) is 16.1. The Hall–Kier alpha value is -6.18. The average Bonchev–Trinajstić information content (AvgIpc) is 3.93. The Balaban J connectivity index is 1.10. The van der Waals surface area contributed by atoms with Gasteiger partial charge < -0.3 is 39.9 Å². The third kappa shape index (κ3) is 9.98. The molecule has 2 aromatic carbocycles. The van der Waals surface area contributed by atoms with E-state index >= 15 is 0 Å². The van der Waals surface area contributed by atoms with Crippen molar-refractivity contribution in [2.75, 3.05) is 14.2 Å². The van der Waals surface area contributed by atoms with Crippen LogP contribution in [0.3, 0.4) is 0 Å². The van der Waals surface area contributed by atoms with Crippen LogP contribution < -0.4 is 10.6 Å². The van der Waals surface area contributed by atoms with Crippen LogP contribution in [0.1, 0.15) is 77.9 Å². The van der Waals surface area contributed by atoms with E-state index in [1.165, 1.54) is 14.2 Å². The van der Waals surface area contributed by atoms with Crippen LogP contribution in [0.2, 0.25) is 0 Å². The molecule has 2 aliphatic rings. The van der Waals surface area contributed by atoms with E-state index in [9.17, 15) is 19.2 Å². The fourth-order valence-corrected chi connectivity index (χ4v) is 7.86. The Bertz CT molecular complexity index is 2010. The number of rotatable bonds is 17. The smallest absolute Gasteiger partial charge is 0.407 e. The molecule has 2 aliphatic carbocycles. The van der Waals surface area contributed by atoms with Gasteiger partial charge in [-0.15, -0.1) is 0 Å². The van der Waals surface area contributed by atoms with E-state index in [1.807, 2.05) is 52.0 Å². The van der Waals surface area contributed by atoms with Crippen molar-refractivity contribution in [1.29, 1.82) is 0 Å². The number of hydrogen-bond donors (Lipinski definition) is 4. The van der Waals surface area contributed by atoms with Crippen molar-refractivity contribution < 1.29 is 28.7 Å². The molecule has 0 saturated heterocycles. The van der Waals surface area contributed by atoms with E-state index in [0.717, 1.165) is 57.6 Å². The Morgan fingerprint density at radius 1 is 0.650 bits per heavy atom. The number of aromatic amines is 2. The summed E-state index contributed by atoms with van der Waals surface area (Å²) in [7, 11) is 2.59. The molecular formula is C46H58N8O6. The van der Waals surface area contributed by atoms with Gasteiger partial charge in [0, 0.05) is 12.1 Å². The summed E-state index contributed by atoms with van der Waals surface area (Å²) in [5.41, 5.74) is 7.78. The van der Waals surface area contributed by atoms with E-state index in [0.29, 0.717) is 37.3 Å². The molecule has 0 bridgehead atoms. The van der Waals surface area contributed by atoms with Gasteiger partial charge in [0.2, 0.25) is 11.8 Å². The van der Waals surface area contributed by atoms with Gasteiger partial charge in [-0.3, -0.25) is 9.59 Å². The molecule has 0 spiro atoms. The predicted octanol–water partition coefficient (Wildman–Crippen LogP) is 7.77. The number of ether oxygens (including phenoxy) is 2. The van der Waals surface area contributed by atoms with Crippen molar-refractivity contribution in [2.45, 2.75) is 103 Å². The second kappa shape index (κ2) is 19.3. The summed E-state index contributed by atoms with van der Waals surface area (Å²) in [4.78, 5) is 71.9. The number of hydrogen-bond acceptors (Lipinski definition) is 8. The number of benzene rings is 2. The molecule has 318 valence electrons. The first kappa shape index (κ1) is 43.4. The molecule has 14 nitrogen and oxygen atoms in total. The van der Waals surface area contributed by atoms with E-state index in [2.05, 4.69) is 68.0 Å². The number of nitrogens with zero attached hydrogens (tertiary/aromatic N) is 4. The first-order valence-electron chi connectivity index (χ1n) is 20.7. The predicted molar refractivity (Wildman–Crippen MR) is 230 cm³/mol. The second-order valence-electron chi connectivity index (χ2n) is 16.2. The Labute approximate surface area is 352 Å². The molecule has 2 heterocycles. The van der Waals surface area contributed by atoms with Crippen LogP contribution in [0.15, 0.2) is 85.2 Å². The highest BCUT2D eigenvalue weighted by atomic mass is 16.5. The summed E-state index contributed by atoms with van der Waals surface area (Å²) >= 11 is 0. The lowest BCUT2D eigenvalue weighted by atomic mass is 9.75. The van der Waals surface area contributed by atoms with Crippen LogP contribution in [0.25, 0.3) is 33.6 Å². The Kier molecular flexibility index (Phi) is 13.9. The maximum absolute atomic E-state index is 13.9. The lowest BCUT2D eigenvalue weighted by Gasteiger charge is -2.39. The molecule has 4 N–H and O–H groups in total. The zero-order valence-electron chi connectivity index (χ0n) is 35.5. The maximum Gasteiger partial charge on any atom is 0.407 e. The SMILES string of the molecule is C=C1CC(C(NC(=O)OC)C(=O)N(Cc2ncc(-c3ccc(-c4ccc(-c5cnc(CN(C(=O)C(NC(=O)OC)C6CC(=C)C6)[C@@H](C)CC)[nH]5)cc4)cc3)[nH]2)[C@@H](C)CC)C1. The number of H-pyrrole nitrogens is 2. The molecule has 6 rings (SSSR count). The highest BCUT2D eigenvalue weighted by molar-refractivity contribution is 5.87. The van der Waals surface area contributed by atoms with Crippen LogP contribution in [0.5, 0.6) is 0 Å². The fourth-order valence-electron chi connectivity index (χ4n) is 7.86. The molecular weight excluding hydrogens is 761 g/mol. The second-order valence-corrected chi connectivity index (χ2v) is 16.2. The highest BCUT2D eigenvalue weighted by Gasteiger charge is 2.41. The molecule has 2 fully saturated rings. The number of alkyl carbamates (subject to hydrolysis) is 2. The number of nitrogens with one attached hydrogen (secondary N) is 4. The van der Waals surface area contributed by atoms with Gasteiger partial charge in [0.25, 0.3) is 0 Å². The van der Waals surface area contributed by atoms with Gasteiger partial charge in [-0.1, -0.05) is 86.7 Å². The van der Waals surface area contributed by atoms with Crippen molar-refractivity contribution in [3.63, 3.8) is 0 Å². The molecule has 2 unspecified atom stereocenters. The van der Waals surface area contributed by atoms with Crippen molar-refractivity contribution in [2.24, 2.45) is 11.8 Å². The third-order valence-electron chi connectivity index (χ3n) is 12.0. The first-order valence-corrected chi connectivity index (χ1v) is 20.7. The monoisotopic (exact) mass is 818 g/mol. The molecule has 2 aromatic heterocycles. The highest BCUT2D eigenvalue weighted by Crippen LogP contribution is 2.37. The maximum atomic E-state index is 13.9. The number of allylic oxidation sites excluding steroid dienone is 2. The minimum Gasteiger partial charge on any atom is -0.453 e. The van der Waals surface area contributed by atoms with Gasteiger partial charge in [-0.05, 0) is 86.5 Å². The summed E-state index contributed by atoms with van der Waals surface area (Å²) in [5.74, 6) is 0.918. The zero-order valence-corrected chi connectivity index (χ0v) is 35.5.